The first-order valence-corrected chi connectivity index (χ1v) is 9.99. The van der Waals surface area contributed by atoms with Crippen molar-refractivity contribution in [3.63, 3.8) is 0 Å². The number of ether oxygens (including phenoxy) is 3. The maximum Gasteiger partial charge on any atom is 0.238 e. The molecule has 3 rings (SSSR count). The maximum absolute atomic E-state index is 12.8. The Morgan fingerprint density at radius 1 is 1.03 bits per heavy atom. The molecule has 0 bridgehead atoms. The first kappa shape index (κ1) is 21.0. The molecule has 156 valence electrons. The van der Waals surface area contributed by atoms with Crippen LogP contribution >= 0.6 is 0 Å². The van der Waals surface area contributed by atoms with Crippen LogP contribution in [0, 0.1) is 5.92 Å². The van der Waals surface area contributed by atoms with Crippen LogP contribution in [0.15, 0.2) is 42.5 Å². The zero-order valence-corrected chi connectivity index (χ0v) is 17.4. The Balaban J connectivity index is 1.69. The number of nitrogens with one attached hydrogen (secondary N) is 1. The third-order valence-corrected chi connectivity index (χ3v) is 5.31. The predicted octanol–water partition coefficient (Wildman–Crippen LogP) is 3.95. The number of benzene rings is 2. The number of rotatable bonds is 10. The van der Waals surface area contributed by atoms with E-state index in [9.17, 15) is 4.79 Å². The van der Waals surface area contributed by atoms with Crippen molar-refractivity contribution in [1.29, 1.82) is 0 Å². The molecule has 1 aliphatic rings. The standard InChI is InChI=1S/C23H30N2O4/c1-27-20-12-19(13-21(28-2)23(20)29-3)24-22(26)16-25(15-18-10-7-11-18)14-17-8-5-4-6-9-17/h4-6,8-9,12-13,18H,7,10-11,14-16H2,1-3H3,(H,24,26). The van der Waals surface area contributed by atoms with Crippen molar-refractivity contribution in [1.82, 2.24) is 4.90 Å². The summed E-state index contributed by atoms with van der Waals surface area (Å²) in [5.41, 5.74) is 1.83. The minimum atomic E-state index is -0.0606. The van der Waals surface area contributed by atoms with Crippen molar-refractivity contribution >= 4 is 11.6 Å². The van der Waals surface area contributed by atoms with Gasteiger partial charge in [-0.15, -0.1) is 0 Å². The van der Waals surface area contributed by atoms with Gasteiger partial charge in [-0.2, -0.15) is 0 Å². The minimum Gasteiger partial charge on any atom is -0.493 e. The monoisotopic (exact) mass is 398 g/mol. The summed E-state index contributed by atoms with van der Waals surface area (Å²) < 4.78 is 16.1. The van der Waals surface area contributed by atoms with Crippen LogP contribution in [-0.2, 0) is 11.3 Å². The van der Waals surface area contributed by atoms with Gasteiger partial charge in [0.1, 0.15) is 0 Å². The molecule has 1 amide bonds. The van der Waals surface area contributed by atoms with Crippen molar-refractivity contribution in [3.05, 3.63) is 48.0 Å². The summed E-state index contributed by atoms with van der Waals surface area (Å²) in [5.74, 6) is 2.15. The number of hydrogen-bond donors (Lipinski definition) is 1. The average molecular weight is 399 g/mol. The zero-order valence-electron chi connectivity index (χ0n) is 17.4. The van der Waals surface area contributed by atoms with E-state index < -0.39 is 0 Å². The summed E-state index contributed by atoms with van der Waals surface area (Å²) in [6.07, 6.45) is 3.79. The molecule has 6 heteroatoms. The molecule has 1 aliphatic carbocycles. The first-order valence-electron chi connectivity index (χ1n) is 9.99. The van der Waals surface area contributed by atoms with Crippen LogP contribution in [0.2, 0.25) is 0 Å². The van der Waals surface area contributed by atoms with E-state index in [-0.39, 0.29) is 5.91 Å². The lowest BCUT2D eigenvalue weighted by atomic mass is 9.85. The van der Waals surface area contributed by atoms with E-state index in [1.165, 1.54) is 24.8 Å². The van der Waals surface area contributed by atoms with Crippen molar-refractivity contribution < 1.29 is 19.0 Å². The number of hydrogen-bond acceptors (Lipinski definition) is 5. The van der Waals surface area contributed by atoms with Crippen LogP contribution in [0.25, 0.3) is 0 Å². The Morgan fingerprint density at radius 2 is 1.69 bits per heavy atom. The summed E-state index contributed by atoms with van der Waals surface area (Å²) >= 11 is 0. The summed E-state index contributed by atoms with van der Waals surface area (Å²) in [6, 6.07) is 13.8. The number of carbonyl (C=O) groups excluding carboxylic acids is 1. The summed E-state index contributed by atoms with van der Waals surface area (Å²) in [7, 11) is 4.67. The normalized spacial score (nSPS) is 13.7. The molecule has 0 aliphatic heterocycles. The van der Waals surface area contributed by atoms with E-state index in [4.69, 9.17) is 14.2 Å². The Hall–Kier alpha value is -2.73. The van der Waals surface area contributed by atoms with Crippen LogP contribution in [0.1, 0.15) is 24.8 Å². The highest BCUT2D eigenvalue weighted by atomic mass is 16.5. The molecule has 0 atom stereocenters. The fourth-order valence-corrected chi connectivity index (χ4v) is 3.62. The molecular weight excluding hydrogens is 368 g/mol. The molecule has 1 fully saturated rings. The van der Waals surface area contributed by atoms with Gasteiger partial charge in [0.15, 0.2) is 11.5 Å². The lowest BCUT2D eigenvalue weighted by Crippen LogP contribution is -2.37. The van der Waals surface area contributed by atoms with E-state index in [1.54, 1.807) is 33.5 Å². The highest BCUT2D eigenvalue weighted by molar-refractivity contribution is 5.93. The van der Waals surface area contributed by atoms with Gasteiger partial charge in [-0.3, -0.25) is 9.69 Å². The van der Waals surface area contributed by atoms with Crippen LogP contribution in [-0.4, -0.2) is 45.2 Å². The highest BCUT2D eigenvalue weighted by Gasteiger charge is 2.22. The Kier molecular flexibility index (Phi) is 7.36. The summed E-state index contributed by atoms with van der Waals surface area (Å²) in [5, 5.41) is 2.97. The smallest absolute Gasteiger partial charge is 0.238 e. The molecule has 0 heterocycles. The van der Waals surface area contributed by atoms with Crippen LogP contribution in [0.4, 0.5) is 5.69 Å². The lowest BCUT2D eigenvalue weighted by Gasteiger charge is -2.32. The van der Waals surface area contributed by atoms with E-state index in [0.29, 0.717) is 35.4 Å². The average Bonchev–Trinajstić information content (AvgIpc) is 2.70. The zero-order chi connectivity index (χ0) is 20.6. The molecule has 1 saturated carbocycles. The van der Waals surface area contributed by atoms with Crippen molar-refractivity contribution in [2.75, 3.05) is 39.7 Å². The summed E-state index contributed by atoms with van der Waals surface area (Å²) in [4.78, 5) is 15.0. The molecule has 0 radical (unpaired) electrons. The largest absolute Gasteiger partial charge is 0.493 e. The van der Waals surface area contributed by atoms with Gasteiger partial charge in [0.05, 0.1) is 27.9 Å². The molecule has 0 aromatic heterocycles. The first-order chi connectivity index (χ1) is 14.1. The van der Waals surface area contributed by atoms with Crippen LogP contribution in [0.5, 0.6) is 17.2 Å². The Morgan fingerprint density at radius 3 is 2.21 bits per heavy atom. The van der Waals surface area contributed by atoms with Crippen molar-refractivity contribution in [2.24, 2.45) is 5.92 Å². The second-order valence-corrected chi connectivity index (χ2v) is 7.41. The second-order valence-electron chi connectivity index (χ2n) is 7.41. The Labute approximate surface area is 172 Å². The number of nitrogens with zero attached hydrogens (tertiary/aromatic N) is 1. The number of anilines is 1. The molecule has 6 nitrogen and oxygen atoms in total. The topological polar surface area (TPSA) is 60.0 Å². The third kappa shape index (κ3) is 5.64. The van der Waals surface area contributed by atoms with Crippen molar-refractivity contribution in [3.8, 4) is 17.2 Å². The number of amides is 1. The quantitative estimate of drug-likeness (QED) is 0.657. The van der Waals surface area contributed by atoms with Crippen molar-refractivity contribution in [2.45, 2.75) is 25.8 Å². The molecule has 0 saturated heterocycles. The fourth-order valence-electron chi connectivity index (χ4n) is 3.62. The predicted molar refractivity (Wildman–Crippen MR) is 114 cm³/mol. The van der Waals surface area contributed by atoms with Gasteiger partial charge in [0.25, 0.3) is 0 Å². The van der Waals surface area contributed by atoms with Crippen LogP contribution in [0.3, 0.4) is 0 Å². The molecule has 2 aromatic carbocycles. The molecular formula is C23H30N2O4. The number of methoxy groups -OCH3 is 3. The van der Waals surface area contributed by atoms with E-state index >= 15 is 0 Å². The summed E-state index contributed by atoms with van der Waals surface area (Å²) in [6.45, 7) is 2.04. The Bertz CT molecular complexity index is 781. The minimum absolute atomic E-state index is 0.0606. The molecule has 29 heavy (non-hydrogen) atoms. The van der Waals surface area contributed by atoms with Gasteiger partial charge in [-0.05, 0) is 24.3 Å². The lowest BCUT2D eigenvalue weighted by molar-refractivity contribution is -0.117. The van der Waals surface area contributed by atoms with Gasteiger partial charge < -0.3 is 19.5 Å². The molecule has 2 aromatic rings. The molecule has 1 N–H and O–H groups in total. The maximum atomic E-state index is 12.8. The molecule has 0 unspecified atom stereocenters. The molecule has 0 spiro atoms. The van der Waals surface area contributed by atoms with Crippen LogP contribution < -0.4 is 19.5 Å². The van der Waals surface area contributed by atoms with E-state index in [2.05, 4.69) is 22.3 Å². The third-order valence-electron chi connectivity index (χ3n) is 5.31. The van der Waals surface area contributed by atoms with Gasteiger partial charge >= 0.3 is 0 Å². The van der Waals surface area contributed by atoms with Gasteiger partial charge in [0.2, 0.25) is 11.7 Å². The van der Waals surface area contributed by atoms with E-state index in [0.717, 1.165) is 13.1 Å². The van der Waals surface area contributed by atoms with Gasteiger partial charge in [-0.1, -0.05) is 36.8 Å². The number of carbonyl (C=O) groups is 1. The second kappa shape index (κ2) is 10.2. The van der Waals surface area contributed by atoms with Gasteiger partial charge in [0, 0.05) is 30.9 Å². The van der Waals surface area contributed by atoms with Gasteiger partial charge in [-0.25, -0.2) is 0 Å². The highest BCUT2D eigenvalue weighted by Crippen LogP contribution is 2.39. The SMILES string of the molecule is COc1cc(NC(=O)CN(Cc2ccccc2)CC2CCC2)cc(OC)c1OC. The van der Waals surface area contributed by atoms with E-state index in [1.807, 2.05) is 18.2 Å². The fraction of sp³-hybridized carbons (Fsp3) is 0.435.